The number of aromatic nitrogens is 1. The Labute approximate surface area is 128 Å². The first-order valence-corrected chi connectivity index (χ1v) is 8.41. The molecule has 2 heterocycles. The van der Waals surface area contributed by atoms with Crippen LogP contribution in [0, 0.1) is 0 Å². The Hall–Kier alpha value is -1.46. The van der Waals surface area contributed by atoms with Gasteiger partial charge in [0.25, 0.3) is 0 Å². The van der Waals surface area contributed by atoms with E-state index in [1.807, 2.05) is 11.0 Å². The first-order chi connectivity index (χ1) is 10.2. The first kappa shape index (κ1) is 13.2. The summed E-state index contributed by atoms with van der Waals surface area (Å²) in [5.41, 5.74) is 6.58. The number of likely N-dealkylation sites (tertiary alicyclic amines) is 1. The van der Waals surface area contributed by atoms with Gasteiger partial charge in [-0.05, 0) is 37.8 Å². The summed E-state index contributed by atoms with van der Waals surface area (Å²) >= 11 is 1.79. The van der Waals surface area contributed by atoms with E-state index in [1.54, 1.807) is 11.3 Å². The number of rotatable bonds is 2. The molecule has 4 nitrogen and oxygen atoms in total. The lowest BCUT2D eigenvalue weighted by Crippen LogP contribution is -2.48. The second kappa shape index (κ2) is 4.78. The molecule has 5 heteroatoms. The molecule has 1 aromatic carbocycles. The maximum atomic E-state index is 12.3. The fourth-order valence-electron chi connectivity index (χ4n) is 3.06. The van der Waals surface area contributed by atoms with Crippen LogP contribution in [0.3, 0.4) is 0 Å². The predicted octanol–water partition coefficient (Wildman–Crippen LogP) is 2.49. The summed E-state index contributed by atoms with van der Waals surface area (Å²) in [5.74, 6) is 0.643. The first-order valence-electron chi connectivity index (χ1n) is 7.59. The maximum absolute atomic E-state index is 12.3. The molecule has 2 fully saturated rings. The minimum Gasteiger partial charge on any atom is -0.341 e. The van der Waals surface area contributed by atoms with E-state index in [9.17, 15) is 4.79 Å². The highest BCUT2D eigenvalue weighted by Crippen LogP contribution is 2.37. The van der Waals surface area contributed by atoms with Crippen LogP contribution in [0.5, 0.6) is 0 Å². The molecule has 0 unspecified atom stereocenters. The fourth-order valence-corrected chi connectivity index (χ4v) is 4.19. The van der Waals surface area contributed by atoms with Crippen molar-refractivity contribution in [3.05, 3.63) is 29.3 Å². The van der Waals surface area contributed by atoms with Crippen molar-refractivity contribution in [2.24, 2.45) is 5.73 Å². The van der Waals surface area contributed by atoms with Crippen molar-refractivity contribution in [3.8, 4) is 0 Å². The van der Waals surface area contributed by atoms with Crippen molar-refractivity contribution in [1.29, 1.82) is 0 Å². The van der Waals surface area contributed by atoms with Crippen molar-refractivity contribution in [3.63, 3.8) is 0 Å². The van der Waals surface area contributed by atoms with E-state index >= 15 is 0 Å². The molecule has 110 valence electrons. The monoisotopic (exact) mass is 301 g/mol. The lowest BCUT2D eigenvalue weighted by Gasteiger charge is -2.32. The highest BCUT2D eigenvalue weighted by Gasteiger charge is 2.48. The number of carbonyl (C=O) groups is 1. The second-order valence-corrected chi connectivity index (χ2v) is 7.30. The SMILES string of the molecule is NC1(C(=O)N2CCC(c3nc4ccccc4s3)CC2)CC1. The van der Waals surface area contributed by atoms with Gasteiger partial charge in [-0.1, -0.05) is 12.1 Å². The topological polar surface area (TPSA) is 59.2 Å². The number of nitrogens with zero attached hydrogens (tertiary/aromatic N) is 2. The standard InChI is InChI=1S/C16H19N3OS/c17-16(7-8-16)15(20)19-9-5-11(6-10-19)14-18-12-3-1-2-4-13(12)21-14/h1-4,11H,5-10,17H2. The summed E-state index contributed by atoms with van der Waals surface area (Å²) < 4.78 is 1.25. The smallest absolute Gasteiger partial charge is 0.242 e. The number of hydrogen-bond donors (Lipinski definition) is 1. The van der Waals surface area contributed by atoms with Gasteiger partial charge >= 0.3 is 0 Å². The Morgan fingerprint density at radius 1 is 1.29 bits per heavy atom. The zero-order valence-electron chi connectivity index (χ0n) is 11.9. The molecule has 1 aliphatic heterocycles. The van der Waals surface area contributed by atoms with Gasteiger partial charge in [0.2, 0.25) is 5.91 Å². The Balaban J connectivity index is 1.46. The van der Waals surface area contributed by atoms with Crippen LogP contribution in [0.4, 0.5) is 0 Å². The molecule has 0 radical (unpaired) electrons. The number of amides is 1. The maximum Gasteiger partial charge on any atom is 0.242 e. The zero-order chi connectivity index (χ0) is 14.4. The van der Waals surface area contributed by atoms with Crippen molar-refractivity contribution >= 4 is 27.5 Å². The van der Waals surface area contributed by atoms with Crippen LogP contribution in [0.15, 0.2) is 24.3 Å². The average Bonchev–Trinajstić information content (AvgIpc) is 3.13. The third-order valence-corrected chi connectivity index (χ3v) is 5.86. The zero-order valence-corrected chi connectivity index (χ0v) is 12.7. The molecule has 0 atom stereocenters. The highest BCUT2D eigenvalue weighted by atomic mass is 32.1. The van der Waals surface area contributed by atoms with Crippen LogP contribution in [-0.2, 0) is 4.79 Å². The fraction of sp³-hybridized carbons (Fsp3) is 0.500. The van der Waals surface area contributed by atoms with E-state index in [0.717, 1.165) is 44.3 Å². The number of piperidine rings is 1. The van der Waals surface area contributed by atoms with E-state index in [1.165, 1.54) is 9.71 Å². The van der Waals surface area contributed by atoms with Gasteiger partial charge in [-0.2, -0.15) is 0 Å². The van der Waals surface area contributed by atoms with E-state index in [0.29, 0.717) is 5.92 Å². The second-order valence-electron chi connectivity index (χ2n) is 6.24. The summed E-state index contributed by atoms with van der Waals surface area (Å²) in [5, 5.41) is 1.22. The van der Waals surface area contributed by atoms with Gasteiger partial charge in [0, 0.05) is 19.0 Å². The largest absolute Gasteiger partial charge is 0.341 e. The number of nitrogens with two attached hydrogens (primary N) is 1. The highest BCUT2D eigenvalue weighted by molar-refractivity contribution is 7.18. The Morgan fingerprint density at radius 2 is 2.00 bits per heavy atom. The number of benzene rings is 1. The van der Waals surface area contributed by atoms with Gasteiger partial charge in [-0.15, -0.1) is 11.3 Å². The average molecular weight is 301 g/mol. The van der Waals surface area contributed by atoms with E-state index in [4.69, 9.17) is 10.7 Å². The Bertz CT molecular complexity index is 651. The van der Waals surface area contributed by atoms with Gasteiger partial charge < -0.3 is 10.6 Å². The number of carbonyl (C=O) groups excluding carboxylic acids is 1. The molecular weight excluding hydrogens is 282 g/mol. The summed E-state index contributed by atoms with van der Waals surface area (Å²) in [4.78, 5) is 19.0. The molecule has 1 amide bonds. The minimum atomic E-state index is -0.525. The van der Waals surface area contributed by atoms with Gasteiger partial charge in [-0.3, -0.25) is 4.79 Å². The molecule has 2 aromatic rings. The van der Waals surface area contributed by atoms with Crippen molar-refractivity contribution in [2.75, 3.05) is 13.1 Å². The summed E-state index contributed by atoms with van der Waals surface area (Å²) in [6.45, 7) is 1.64. The summed E-state index contributed by atoms with van der Waals surface area (Å²) in [6, 6.07) is 8.28. The molecule has 1 saturated heterocycles. The number of para-hydroxylation sites is 1. The number of thiazole rings is 1. The number of hydrogen-bond acceptors (Lipinski definition) is 4. The summed E-state index contributed by atoms with van der Waals surface area (Å²) in [7, 11) is 0. The molecule has 1 saturated carbocycles. The van der Waals surface area contributed by atoms with Crippen LogP contribution in [0.1, 0.15) is 36.6 Å². The van der Waals surface area contributed by atoms with Crippen LogP contribution in [-0.4, -0.2) is 34.4 Å². The molecule has 4 rings (SSSR count). The van der Waals surface area contributed by atoms with Crippen LogP contribution < -0.4 is 5.73 Å². The Morgan fingerprint density at radius 3 is 2.67 bits per heavy atom. The van der Waals surface area contributed by atoms with Gasteiger partial charge in [-0.25, -0.2) is 4.98 Å². The molecule has 2 N–H and O–H groups in total. The molecule has 1 aliphatic carbocycles. The van der Waals surface area contributed by atoms with Gasteiger partial charge in [0.15, 0.2) is 0 Å². The minimum absolute atomic E-state index is 0.158. The quantitative estimate of drug-likeness (QED) is 0.927. The predicted molar refractivity (Wildman–Crippen MR) is 84.3 cm³/mol. The molecule has 21 heavy (non-hydrogen) atoms. The molecule has 0 spiro atoms. The van der Waals surface area contributed by atoms with E-state index in [-0.39, 0.29) is 5.91 Å². The lowest BCUT2D eigenvalue weighted by molar-refractivity contribution is -0.134. The number of fused-ring (bicyclic) bond motifs is 1. The van der Waals surface area contributed by atoms with Crippen LogP contribution in [0.2, 0.25) is 0 Å². The lowest BCUT2D eigenvalue weighted by atomic mass is 9.97. The molecule has 2 aliphatic rings. The van der Waals surface area contributed by atoms with Crippen molar-refractivity contribution in [1.82, 2.24) is 9.88 Å². The van der Waals surface area contributed by atoms with Crippen molar-refractivity contribution < 1.29 is 4.79 Å². The third kappa shape index (κ3) is 2.34. The van der Waals surface area contributed by atoms with Crippen LogP contribution >= 0.6 is 11.3 Å². The summed E-state index contributed by atoms with van der Waals surface area (Å²) in [6.07, 6.45) is 3.70. The van der Waals surface area contributed by atoms with Crippen LogP contribution in [0.25, 0.3) is 10.2 Å². The Kier molecular flexibility index (Phi) is 3.01. The molecular formula is C16H19N3OS. The van der Waals surface area contributed by atoms with E-state index in [2.05, 4.69) is 18.2 Å². The molecule has 0 bridgehead atoms. The molecule has 1 aromatic heterocycles. The van der Waals surface area contributed by atoms with Gasteiger partial charge in [0.05, 0.1) is 20.8 Å². The van der Waals surface area contributed by atoms with Crippen molar-refractivity contribution in [2.45, 2.75) is 37.1 Å². The normalized spacial score (nSPS) is 21.7. The van der Waals surface area contributed by atoms with Gasteiger partial charge in [0.1, 0.15) is 0 Å². The third-order valence-electron chi connectivity index (χ3n) is 4.66. The van der Waals surface area contributed by atoms with E-state index < -0.39 is 5.54 Å².